The zero-order valence-corrected chi connectivity index (χ0v) is 7.48. The molecule has 69 valence electrons. The van der Waals surface area contributed by atoms with E-state index >= 15 is 0 Å². The van der Waals surface area contributed by atoms with Crippen LogP contribution in [0.25, 0.3) is 0 Å². The summed E-state index contributed by atoms with van der Waals surface area (Å²) >= 11 is 0. The lowest BCUT2D eigenvalue weighted by molar-refractivity contribution is -0.134. The van der Waals surface area contributed by atoms with Gasteiger partial charge in [0.15, 0.2) is 0 Å². The fraction of sp³-hybridized carbons (Fsp3) is 0.273. The standard InChI is InChI=1S/C11H13O2/c1-2-6-11(13-9-12)10-7-4-3-5-8-10/h3-5,7-9,11H,1-2,6H2. The SMILES string of the molecule is [CH2]CCC(OC=O)c1ccccc1. The lowest BCUT2D eigenvalue weighted by atomic mass is 10.1. The monoisotopic (exact) mass is 177 g/mol. The van der Waals surface area contributed by atoms with Gasteiger partial charge in [0, 0.05) is 0 Å². The molecule has 0 aromatic heterocycles. The zero-order valence-electron chi connectivity index (χ0n) is 7.48. The first-order chi connectivity index (χ1) is 6.38. The lowest BCUT2D eigenvalue weighted by Gasteiger charge is -2.13. The van der Waals surface area contributed by atoms with Crippen LogP contribution in [-0.2, 0) is 9.53 Å². The van der Waals surface area contributed by atoms with Gasteiger partial charge in [0.1, 0.15) is 6.10 Å². The molecule has 1 rings (SSSR count). The maximum atomic E-state index is 10.2. The molecule has 0 heterocycles. The zero-order chi connectivity index (χ0) is 9.52. The molecule has 13 heavy (non-hydrogen) atoms. The maximum absolute atomic E-state index is 10.2. The quantitative estimate of drug-likeness (QED) is 0.646. The Morgan fingerprint density at radius 1 is 1.38 bits per heavy atom. The molecule has 2 nitrogen and oxygen atoms in total. The number of hydrogen-bond donors (Lipinski definition) is 0. The summed E-state index contributed by atoms with van der Waals surface area (Å²) in [5.41, 5.74) is 1.03. The van der Waals surface area contributed by atoms with E-state index in [9.17, 15) is 4.79 Å². The van der Waals surface area contributed by atoms with Crippen molar-refractivity contribution in [2.24, 2.45) is 0 Å². The van der Waals surface area contributed by atoms with Crippen molar-refractivity contribution in [2.45, 2.75) is 18.9 Å². The minimum Gasteiger partial charge on any atom is -0.460 e. The highest BCUT2D eigenvalue weighted by molar-refractivity contribution is 5.38. The first-order valence-electron chi connectivity index (χ1n) is 4.31. The molecule has 2 heteroatoms. The van der Waals surface area contributed by atoms with Gasteiger partial charge >= 0.3 is 0 Å². The van der Waals surface area contributed by atoms with Gasteiger partial charge in [0.25, 0.3) is 6.47 Å². The van der Waals surface area contributed by atoms with E-state index in [1.807, 2.05) is 30.3 Å². The van der Waals surface area contributed by atoms with E-state index in [1.54, 1.807) is 0 Å². The molecule has 0 aliphatic heterocycles. The van der Waals surface area contributed by atoms with Gasteiger partial charge in [-0.15, -0.1) is 0 Å². The molecule has 0 N–H and O–H groups in total. The summed E-state index contributed by atoms with van der Waals surface area (Å²) in [4.78, 5) is 10.2. The van der Waals surface area contributed by atoms with Crippen molar-refractivity contribution in [1.82, 2.24) is 0 Å². The molecule has 1 radical (unpaired) electrons. The highest BCUT2D eigenvalue weighted by Crippen LogP contribution is 2.20. The fourth-order valence-electron chi connectivity index (χ4n) is 1.23. The summed E-state index contributed by atoms with van der Waals surface area (Å²) in [6.45, 7) is 4.23. The summed E-state index contributed by atoms with van der Waals surface area (Å²) < 4.78 is 4.95. The average Bonchev–Trinajstić information content (AvgIpc) is 2.19. The van der Waals surface area contributed by atoms with Gasteiger partial charge in [-0.2, -0.15) is 0 Å². The lowest BCUT2D eigenvalue weighted by Crippen LogP contribution is -2.02. The highest BCUT2D eigenvalue weighted by Gasteiger charge is 2.09. The van der Waals surface area contributed by atoms with E-state index in [0.29, 0.717) is 6.47 Å². The van der Waals surface area contributed by atoms with E-state index in [1.165, 1.54) is 0 Å². The summed E-state index contributed by atoms with van der Waals surface area (Å²) in [6, 6.07) is 9.69. The predicted molar refractivity (Wildman–Crippen MR) is 50.9 cm³/mol. The van der Waals surface area contributed by atoms with Gasteiger partial charge in [0.05, 0.1) is 0 Å². The average molecular weight is 177 g/mol. The second-order valence-corrected chi connectivity index (χ2v) is 2.77. The minimum absolute atomic E-state index is 0.142. The molecule has 0 aliphatic rings. The molecule has 0 saturated carbocycles. The first-order valence-corrected chi connectivity index (χ1v) is 4.31. The number of rotatable bonds is 5. The summed E-state index contributed by atoms with van der Waals surface area (Å²) in [5.74, 6) is 0. The van der Waals surface area contributed by atoms with Gasteiger partial charge in [-0.1, -0.05) is 37.3 Å². The van der Waals surface area contributed by atoms with Crippen LogP contribution in [-0.4, -0.2) is 6.47 Å². The Morgan fingerprint density at radius 2 is 2.08 bits per heavy atom. The predicted octanol–water partition coefficient (Wildman–Crippen LogP) is 2.51. The Hall–Kier alpha value is -1.31. The van der Waals surface area contributed by atoms with Crippen LogP contribution in [0.5, 0.6) is 0 Å². The van der Waals surface area contributed by atoms with Crippen molar-refractivity contribution in [3.8, 4) is 0 Å². The number of hydrogen-bond acceptors (Lipinski definition) is 2. The Morgan fingerprint density at radius 3 is 2.62 bits per heavy atom. The molecule has 0 bridgehead atoms. The van der Waals surface area contributed by atoms with E-state index in [0.717, 1.165) is 18.4 Å². The second-order valence-electron chi connectivity index (χ2n) is 2.77. The molecule has 0 aliphatic carbocycles. The molecule has 0 amide bonds. The van der Waals surface area contributed by atoms with E-state index in [-0.39, 0.29) is 6.10 Å². The minimum atomic E-state index is -0.142. The second kappa shape index (κ2) is 5.36. The molecule has 1 unspecified atom stereocenters. The summed E-state index contributed by atoms with van der Waals surface area (Å²) in [5, 5.41) is 0. The Labute approximate surface area is 78.5 Å². The third-order valence-corrected chi connectivity index (χ3v) is 1.86. The smallest absolute Gasteiger partial charge is 0.293 e. The van der Waals surface area contributed by atoms with Gasteiger partial charge in [0.2, 0.25) is 0 Å². The van der Waals surface area contributed by atoms with Crippen LogP contribution in [0.4, 0.5) is 0 Å². The van der Waals surface area contributed by atoms with E-state index < -0.39 is 0 Å². The van der Waals surface area contributed by atoms with Crippen molar-refractivity contribution in [2.75, 3.05) is 0 Å². The van der Waals surface area contributed by atoms with Gasteiger partial charge < -0.3 is 4.74 Å². The summed E-state index contributed by atoms with van der Waals surface area (Å²) in [7, 11) is 0. The number of ether oxygens (including phenoxy) is 1. The third-order valence-electron chi connectivity index (χ3n) is 1.86. The Kier molecular flexibility index (Phi) is 4.03. The molecular formula is C11H13O2. The van der Waals surface area contributed by atoms with Crippen LogP contribution in [0.1, 0.15) is 24.5 Å². The van der Waals surface area contributed by atoms with Crippen molar-refractivity contribution >= 4 is 6.47 Å². The van der Waals surface area contributed by atoms with Crippen LogP contribution in [0.15, 0.2) is 30.3 Å². The van der Waals surface area contributed by atoms with Crippen molar-refractivity contribution in [3.05, 3.63) is 42.8 Å². The van der Waals surface area contributed by atoms with Crippen molar-refractivity contribution in [1.29, 1.82) is 0 Å². The van der Waals surface area contributed by atoms with Crippen LogP contribution >= 0.6 is 0 Å². The number of carbonyl (C=O) groups is 1. The Balaban J connectivity index is 2.69. The fourth-order valence-corrected chi connectivity index (χ4v) is 1.23. The van der Waals surface area contributed by atoms with Crippen LogP contribution in [0.3, 0.4) is 0 Å². The van der Waals surface area contributed by atoms with Crippen LogP contribution in [0.2, 0.25) is 0 Å². The van der Waals surface area contributed by atoms with Crippen LogP contribution < -0.4 is 0 Å². The molecule has 1 aromatic carbocycles. The highest BCUT2D eigenvalue weighted by atomic mass is 16.5. The molecule has 0 fully saturated rings. The topological polar surface area (TPSA) is 26.3 Å². The number of benzene rings is 1. The summed E-state index contributed by atoms with van der Waals surface area (Å²) in [6.07, 6.45) is 1.38. The third kappa shape index (κ3) is 2.90. The Bertz CT molecular complexity index is 244. The van der Waals surface area contributed by atoms with Crippen molar-refractivity contribution < 1.29 is 9.53 Å². The van der Waals surface area contributed by atoms with Gasteiger partial charge in [-0.3, -0.25) is 4.79 Å². The number of carbonyl (C=O) groups excluding carboxylic acids is 1. The largest absolute Gasteiger partial charge is 0.460 e. The molecule has 1 atom stereocenters. The molecular weight excluding hydrogens is 164 g/mol. The van der Waals surface area contributed by atoms with E-state index in [2.05, 4.69) is 6.92 Å². The van der Waals surface area contributed by atoms with Gasteiger partial charge in [-0.25, -0.2) is 0 Å². The van der Waals surface area contributed by atoms with Gasteiger partial charge in [-0.05, 0) is 18.4 Å². The first kappa shape index (κ1) is 9.78. The van der Waals surface area contributed by atoms with Crippen molar-refractivity contribution in [3.63, 3.8) is 0 Å². The molecule has 0 spiro atoms. The molecule has 1 aromatic rings. The maximum Gasteiger partial charge on any atom is 0.293 e. The van der Waals surface area contributed by atoms with Crippen LogP contribution in [0, 0.1) is 6.92 Å². The van der Waals surface area contributed by atoms with E-state index in [4.69, 9.17) is 4.74 Å². The molecule has 0 saturated heterocycles. The normalized spacial score (nSPS) is 12.1.